The lowest BCUT2D eigenvalue weighted by Crippen LogP contribution is -2.36. The third-order valence-corrected chi connectivity index (χ3v) is 3.12. The molecule has 0 bridgehead atoms. The molecule has 0 aliphatic carbocycles. The van der Waals surface area contributed by atoms with E-state index in [4.69, 9.17) is 14.9 Å². The summed E-state index contributed by atoms with van der Waals surface area (Å²) in [5.41, 5.74) is 0.441. The van der Waals surface area contributed by atoms with Crippen molar-refractivity contribution in [2.75, 3.05) is 33.4 Å². The summed E-state index contributed by atoms with van der Waals surface area (Å²) in [6, 6.07) is 5.08. The summed E-state index contributed by atoms with van der Waals surface area (Å²) < 4.78 is 5.72. The Morgan fingerprint density at radius 1 is 1.33 bits per heavy atom. The first-order valence-corrected chi connectivity index (χ1v) is 6.28. The summed E-state index contributed by atoms with van der Waals surface area (Å²) in [7, 11) is 1.52. The van der Waals surface area contributed by atoms with E-state index >= 15 is 0 Å². The average molecular weight is 318 g/mol. The maximum absolute atomic E-state index is 12.2. The number of aliphatic hydroxyl groups excluding tert-OH is 2. The second-order valence-corrected chi connectivity index (χ2v) is 4.44. The molecule has 0 aliphatic rings. The van der Waals surface area contributed by atoms with Crippen LogP contribution >= 0.6 is 15.9 Å². The minimum absolute atomic E-state index is 0.146. The molecule has 2 N–H and O–H groups in total. The van der Waals surface area contributed by atoms with Gasteiger partial charge in [-0.15, -0.1) is 0 Å². The van der Waals surface area contributed by atoms with E-state index in [0.717, 1.165) is 0 Å². The summed E-state index contributed by atoms with van der Waals surface area (Å²) >= 11 is 3.30. The van der Waals surface area contributed by atoms with Crippen molar-refractivity contribution >= 4 is 21.8 Å². The van der Waals surface area contributed by atoms with E-state index in [1.54, 1.807) is 18.2 Å². The van der Waals surface area contributed by atoms with Gasteiger partial charge < -0.3 is 19.8 Å². The number of ether oxygens (including phenoxy) is 1. The number of rotatable bonds is 6. The Balaban J connectivity index is 2.99. The Kier molecular flexibility index (Phi) is 6.11. The Hall–Kier alpha value is -1.11. The summed E-state index contributed by atoms with van der Waals surface area (Å²) in [5.74, 6) is 0.318. The third-order valence-electron chi connectivity index (χ3n) is 2.43. The average Bonchev–Trinajstić information content (AvgIpc) is 2.38. The molecule has 0 saturated heterocycles. The SMILES string of the molecule is COc1ccc(Br)c(C(=O)N(CCO)CCO)c1. The molecular weight excluding hydrogens is 302 g/mol. The predicted molar refractivity (Wildman–Crippen MR) is 70.8 cm³/mol. The fourth-order valence-corrected chi connectivity index (χ4v) is 1.94. The molecule has 0 spiro atoms. The monoisotopic (exact) mass is 317 g/mol. The van der Waals surface area contributed by atoms with Gasteiger partial charge in [0, 0.05) is 17.6 Å². The molecular formula is C12H16BrNO4. The van der Waals surface area contributed by atoms with E-state index in [1.165, 1.54) is 12.0 Å². The Bertz CT molecular complexity index is 405. The number of halogens is 1. The molecule has 0 aliphatic heterocycles. The van der Waals surface area contributed by atoms with Gasteiger partial charge in [-0.1, -0.05) is 0 Å². The van der Waals surface area contributed by atoms with Crippen LogP contribution in [0.5, 0.6) is 5.75 Å². The lowest BCUT2D eigenvalue weighted by Gasteiger charge is -2.21. The Labute approximate surface area is 114 Å². The van der Waals surface area contributed by atoms with Crippen molar-refractivity contribution in [1.29, 1.82) is 0 Å². The highest BCUT2D eigenvalue weighted by Gasteiger charge is 2.18. The van der Waals surface area contributed by atoms with Crippen LogP contribution in [0.15, 0.2) is 22.7 Å². The number of methoxy groups -OCH3 is 1. The fourth-order valence-electron chi connectivity index (χ4n) is 1.52. The summed E-state index contributed by atoms with van der Waals surface area (Å²) in [6.45, 7) is 0.0761. The molecule has 1 amide bonds. The first-order valence-electron chi connectivity index (χ1n) is 5.48. The van der Waals surface area contributed by atoms with Crippen LogP contribution in [0, 0.1) is 0 Å². The van der Waals surface area contributed by atoms with Crippen molar-refractivity contribution in [2.45, 2.75) is 0 Å². The molecule has 0 saturated carbocycles. The van der Waals surface area contributed by atoms with Gasteiger partial charge in [-0.3, -0.25) is 4.79 Å². The highest BCUT2D eigenvalue weighted by molar-refractivity contribution is 9.10. The molecule has 0 aromatic heterocycles. The molecule has 1 rings (SSSR count). The smallest absolute Gasteiger partial charge is 0.255 e. The number of hydrogen-bond acceptors (Lipinski definition) is 4. The zero-order chi connectivity index (χ0) is 13.5. The van der Waals surface area contributed by atoms with E-state index in [0.29, 0.717) is 15.8 Å². The molecule has 0 atom stereocenters. The number of nitrogens with zero attached hydrogens (tertiary/aromatic N) is 1. The molecule has 6 heteroatoms. The fraction of sp³-hybridized carbons (Fsp3) is 0.417. The molecule has 5 nitrogen and oxygen atoms in total. The van der Waals surface area contributed by atoms with E-state index in [1.807, 2.05) is 0 Å². The molecule has 0 unspecified atom stereocenters. The van der Waals surface area contributed by atoms with Crippen LogP contribution in [0.1, 0.15) is 10.4 Å². The van der Waals surface area contributed by atoms with Crippen LogP contribution in [0.4, 0.5) is 0 Å². The second-order valence-electron chi connectivity index (χ2n) is 3.59. The second kappa shape index (κ2) is 7.35. The van der Waals surface area contributed by atoms with Gasteiger partial charge in [0.2, 0.25) is 0 Å². The quantitative estimate of drug-likeness (QED) is 0.817. The van der Waals surface area contributed by atoms with Gasteiger partial charge in [0.15, 0.2) is 0 Å². The van der Waals surface area contributed by atoms with Crippen LogP contribution in [-0.2, 0) is 0 Å². The van der Waals surface area contributed by atoms with E-state index in [2.05, 4.69) is 15.9 Å². The van der Waals surface area contributed by atoms with Crippen LogP contribution in [0.2, 0.25) is 0 Å². The van der Waals surface area contributed by atoms with Crippen molar-refractivity contribution < 1.29 is 19.7 Å². The van der Waals surface area contributed by atoms with E-state index in [-0.39, 0.29) is 32.2 Å². The van der Waals surface area contributed by atoms with E-state index in [9.17, 15) is 4.79 Å². The third kappa shape index (κ3) is 3.69. The maximum Gasteiger partial charge on any atom is 0.255 e. The number of amides is 1. The van der Waals surface area contributed by atoms with Crippen LogP contribution in [0.25, 0.3) is 0 Å². The molecule has 0 heterocycles. The van der Waals surface area contributed by atoms with Crippen LogP contribution in [0.3, 0.4) is 0 Å². The predicted octanol–water partition coefficient (Wildman–Crippen LogP) is 0.885. The Morgan fingerprint density at radius 3 is 2.44 bits per heavy atom. The largest absolute Gasteiger partial charge is 0.497 e. The van der Waals surface area contributed by atoms with Crippen molar-refractivity contribution in [3.63, 3.8) is 0 Å². The topological polar surface area (TPSA) is 70.0 Å². The number of benzene rings is 1. The summed E-state index contributed by atoms with van der Waals surface area (Å²) in [4.78, 5) is 13.6. The number of carbonyl (C=O) groups is 1. The highest BCUT2D eigenvalue weighted by atomic mass is 79.9. The number of hydrogen-bond donors (Lipinski definition) is 2. The number of carbonyl (C=O) groups excluding carboxylic acids is 1. The summed E-state index contributed by atoms with van der Waals surface area (Å²) in [5, 5.41) is 17.8. The summed E-state index contributed by atoms with van der Waals surface area (Å²) in [6.07, 6.45) is 0. The zero-order valence-corrected chi connectivity index (χ0v) is 11.7. The van der Waals surface area contributed by atoms with Crippen molar-refractivity contribution in [3.8, 4) is 5.75 Å². The molecule has 0 fully saturated rings. The molecule has 100 valence electrons. The highest BCUT2D eigenvalue weighted by Crippen LogP contribution is 2.23. The standard InChI is InChI=1S/C12H16BrNO4/c1-18-9-2-3-11(13)10(8-9)12(17)14(4-6-15)5-7-16/h2-3,8,15-16H,4-7H2,1H3. The van der Waals surface area contributed by atoms with Crippen LogP contribution < -0.4 is 4.74 Å². The van der Waals surface area contributed by atoms with Crippen molar-refractivity contribution in [3.05, 3.63) is 28.2 Å². The van der Waals surface area contributed by atoms with Gasteiger partial charge >= 0.3 is 0 Å². The minimum atomic E-state index is -0.260. The van der Waals surface area contributed by atoms with Crippen molar-refractivity contribution in [2.24, 2.45) is 0 Å². The van der Waals surface area contributed by atoms with Gasteiger partial charge in [0.05, 0.1) is 25.9 Å². The molecule has 18 heavy (non-hydrogen) atoms. The maximum atomic E-state index is 12.2. The van der Waals surface area contributed by atoms with Gasteiger partial charge in [-0.25, -0.2) is 0 Å². The van der Waals surface area contributed by atoms with Gasteiger partial charge in [-0.2, -0.15) is 0 Å². The Morgan fingerprint density at radius 2 is 1.94 bits per heavy atom. The molecule has 1 aromatic carbocycles. The number of aliphatic hydroxyl groups is 2. The van der Waals surface area contributed by atoms with Crippen LogP contribution in [-0.4, -0.2) is 54.4 Å². The first kappa shape index (κ1) is 14.9. The zero-order valence-electron chi connectivity index (χ0n) is 10.1. The van der Waals surface area contributed by atoms with Gasteiger partial charge in [-0.05, 0) is 34.1 Å². The lowest BCUT2D eigenvalue weighted by molar-refractivity contribution is 0.0683. The van der Waals surface area contributed by atoms with Crippen molar-refractivity contribution in [1.82, 2.24) is 4.90 Å². The first-order chi connectivity index (χ1) is 8.63. The lowest BCUT2D eigenvalue weighted by atomic mass is 10.2. The molecule has 0 radical (unpaired) electrons. The minimum Gasteiger partial charge on any atom is -0.497 e. The van der Waals surface area contributed by atoms with Gasteiger partial charge in [0.25, 0.3) is 5.91 Å². The molecule has 1 aromatic rings. The van der Waals surface area contributed by atoms with E-state index < -0.39 is 0 Å². The normalized spacial score (nSPS) is 10.2. The van der Waals surface area contributed by atoms with Gasteiger partial charge in [0.1, 0.15) is 5.75 Å².